The molecule has 0 saturated heterocycles. The third kappa shape index (κ3) is 3.75. The Morgan fingerprint density at radius 3 is 2.62 bits per heavy atom. The van der Waals surface area contributed by atoms with Crippen LogP contribution in [0.2, 0.25) is 0 Å². The zero-order chi connectivity index (χ0) is 9.52. The van der Waals surface area contributed by atoms with E-state index in [0.29, 0.717) is 6.61 Å². The molecule has 70 valence electrons. The quantitative estimate of drug-likeness (QED) is 0.568. The van der Waals surface area contributed by atoms with Crippen molar-refractivity contribution in [3.63, 3.8) is 0 Å². The lowest BCUT2D eigenvalue weighted by atomic mass is 10.1. The van der Waals surface area contributed by atoms with Gasteiger partial charge >= 0.3 is 0 Å². The van der Waals surface area contributed by atoms with Crippen LogP contribution in [-0.4, -0.2) is 18.5 Å². The van der Waals surface area contributed by atoms with Crippen LogP contribution in [0.1, 0.15) is 5.56 Å². The smallest absolute Gasteiger partial charge is 0.0717 e. The molecule has 1 nitrogen and oxygen atoms in total. The average molecular weight is 241 g/mol. The average Bonchev–Trinajstić information content (AvgIpc) is 2.19. The Morgan fingerprint density at radius 1 is 1.31 bits per heavy atom. The second-order valence-corrected chi connectivity index (χ2v) is 3.50. The van der Waals surface area contributed by atoms with E-state index in [-0.39, 0.29) is 0 Å². The maximum atomic E-state index is 5.35. The number of benzene rings is 1. The van der Waals surface area contributed by atoms with Crippen LogP contribution in [0.15, 0.2) is 36.9 Å². The van der Waals surface area contributed by atoms with Gasteiger partial charge in [0.05, 0.1) is 13.2 Å². The molecular formula is C11H13BrO. The van der Waals surface area contributed by atoms with Crippen LogP contribution < -0.4 is 0 Å². The van der Waals surface area contributed by atoms with Gasteiger partial charge in [-0.05, 0) is 11.1 Å². The van der Waals surface area contributed by atoms with Crippen LogP contribution in [0.5, 0.6) is 0 Å². The molecule has 2 heteroatoms. The van der Waals surface area contributed by atoms with Crippen LogP contribution in [-0.2, 0) is 4.74 Å². The molecule has 0 bridgehead atoms. The summed E-state index contributed by atoms with van der Waals surface area (Å²) in [4.78, 5) is 0. The highest BCUT2D eigenvalue weighted by Gasteiger charge is 1.96. The zero-order valence-electron chi connectivity index (χ0n) is 7.50. The maximum absolute atomic E-state index is 5.35. The van der Waals surface area contributed by atoms with E-state index in [1.54, 1.807) is 0 Å². The molecular weight excluding hydrogens is 228 g/mol. The third-order valence-corrected chi connectivity index (χ3v) is 2.00. The van der Waals surface area contributed by atoms with Crippen molar-refractivity contribution in [3.8, 4) is 0 Å². The first-order valence-electron chi connectivity index (χ1n) is 4.21. The molecule has 0 amide bonds. The molecule has 1 aromatic rings. The second kappa shape index (κ2) is 5.95. The van der Waals surface area contributed by atoms with E-state index < -0.39 is 0 Å². The van der Waals surface area contributed by atoms with Crippen LogP contribution in [0.3, 0.4) is 0 Å². The van der Waals surface area contributed by atoms with Gasteiger partial charge in [-0.15, -0.1) is 0 Å². The lowest BCUT2D eigenvalue weighted by molar-refractivity contribution is 0.186. The standard InChI is InChI=1S/C11H13BrO/c1-10(9-13-8-7-12)11-5-3-2-4-6-11/h2-6H,1,7-9H2. The Labute approximate surface area is 87.5 Å². The summed E-state index contributed by atoms with van der Waals surface area (Å²) < 4.78 is 5.35. The Balaban J connectivity index is 2.40. The minimum absolute atomic E-state index is 0.607. The van der Waals surface area contributed by atoms with Crippen molar-refractivity contribution < 1.29 is 4.74 Å². The van der Waals surface area contributed by atoms with Gasteiger partial charge in [0.15, 0.2) is 0 Å². The number of ether oxygens (including phenoxy) is 1. The summed E-state index contributed by atoms with van der Waals surface area (Å²) >= 11 is 3.30. The number of alkyl halides is 1. The summed E-state index contributed by atoms with van der Waals surface area (Å²) in [5, 5.41) is 0.870. The summed E-state index contributed by atoms with van der Waals surface area (Å²) in [5.74, 6) is 0. The molecule has 0 saturated carbocycles. The molecule has 0 aliphatic heterocycles. The fourth-order valence-electron chi connectivity index (χ4n) is 1.01. The highest BCUT2D eigenvalue weighted by Crippen LogP contribution is 2.11. The van der Waals surface area contributed by atoms with E-state index in [9.17, 15) is 0 Å². The molecule has 0 spiro atoms. The minimum atomic E-state index is 0.607. The van der Waals surface area contributed by atoms with Gasteiger partial charge < -0.3 is 4.74 Å². The first-order chi connectivity index (χ1) is 6.34. The van der Waals surface area contributed by atoms with Crippen LogP contribution in [0, 0.1) is 0 Å². The Kier molecular flexibility index (Phi) is 4.79. The highest BCUT2D eigenvalue weighted by atomic mass is 79.9. The molecule has 0 atom stereocenters. The lowest BCUT2D eigenvalue weighted by Gasteiger charge is -2.05. The molecule has 0 radical (unpaired) electrons. The van der Waals surface area contributed by atoms with Crippen molar-refractivity contribution in [3.05, 3.63) is 42.5 Å². The van der Waals surface area contributed by atoms with Gasteiger partial charge in [-0.25, -0.2) is 0 Å². The molecule has 0 fully saturated rings. The summed E-state index contributed by atoms with van der Waals surface area (Å²) in [6.45, 7) is 5.29. The third-order valence-electron chi connectivity index (χ3n) is 1.68. The molecule has 0 aliphatic rings. The maximum Gasteiger partial charge on any atom is 0.0717 e. The van der Waals surface area contributed by atoms with Crippen LogP contribution in [0.4, 0.5) is 0 Å². The SMILES string of the molecule is C=C(COCCBr)c1ccccc1. The highest BCUT2D eigenvalue weighted by molar-refractivity contribution is 9.09. The summed E-state index contributed by atoms with van der Waals surface area (Å²) in [6, 6.07) is 10.1. The van der Waals surface area contributed by atoms with Crippen LogP contribution in [0.25, 0.3) is 5.57 Å². The molecule has 0 unspecified atom stereocenters. The molecule has 0 aliphatic carbocycles. The van der Waals surface area contributed by atoms with Gasteiger partial charge in [-0.2, -0.15) is 0 Å². The molecule has 1 rings (SSSR count). The Hall–Kier alpha value is -0.600. The van der Waals surface area contributed by atoms with E-state index in [4.69, 9.17) is 4.74 Å². The molecule has 0 N–H and O–H groups in total. The molecule has 0 heterocycles. The number of hydrogen-bond acceptors (Lipinski definition) is 1. The second-order valence-electron chi connectivity index (χ2n) is 2.71. The van der Waals surface area contributed by atoms with E-state index >= 15 is 0 Å². The van der Waals surface area contributed by atoms with Crippen molar-refractivity contribution in [1.29, 1.82) is 0 Å². The zero-order valence-corrected chi connectivity index (χ0v) is 9.09. The van der Waals surface area contributed by atoms with Gasteiger partial charge in [0.2, 0.25) is 0 Å². The lowest BCUT2D eigenvalue weighted by Crippen LogP contribution is -1.99. The number of hydrogen-bond donors (Lipinski definition) is 0. The van der Waals surface area contributed by atoms with Gasteiger partial charge in [0, 0.05) is 5.33 Å². The fraction of sp³-hybridized carbons (Fsp3) is 0.273. The first-order valence-corrected chi connectivity index (χ1v) is 5.33. The largest absolute Gasteiger partial charge is 0.376 e. The number of halogens is 1. The molecule has 0 aromatic heterocycles. The normalized spacial score (nSPS) is 9.92. The van der Waals surface area contributed by atoms with Gasteiger partial charge in [0.25, 0.3) is 0 Å². The number of rotatable bonds is 5. The van der Waals surface area contributed by atoms with Crippen molar-refractivity contribution in [2.75, 3.05) is 18.5 Å². The van der Waals surface area contributed by atoms with E-state index in [1.165, 1.54) is 0 Å². The van der Waals surface area contributed by atoms with E-state index in [1.807, 2.05) is 30.3 Å². The monoisotopic (exact) mass is 240 g/mol. The van der Waals surface area contributed by atoms with E-state index in [2.05, 4.69) is 22.5 Å². The van der Waals surface area contributed by atoms with Gasteiger partial charge in [-0.1, -0.05) is 52.8 Å². The molecule has 1 aromatic carbocycles. The predicted molar refractivity (Wildman–Crippen MR) is 60.1 cm³/mol. The van der Waals surface area contributed by atoms with E-state index in [0.717, 1.165) is 23.1 Å². The van der Waals surface area contributed by atoms with Crippen LogP contribution >= 0.6 is 15.9 Å². The Bertz CT molecular complexity index is 256. The first kappa shape index (κ1) is 10.5. The fourth-order valence-corrected chi connectivity index (χ4v) is 1.24. The van der Waals surface area contributed by atoms with Crippen molar-refractivity contribution in [1.82, 2.24) is 0 Å². The molecule has 13 heavy (non-hydrogen) atoms. The summed E-state index contributed by atoms with van der Waals surface area (Å²) in [6.07, 6.45) is 0. The minimum Gasteiger partial charge on any atom is -0.376 e. The van der Waals surface area contributed by atoms with Crippen molar-refractivity contribution in [2.45, 2.75) is 0 Å². The van der Waals surface area contributed by atoms with Crippen molar-refractivity contribution >= 4 is 21.5 Å². The summed E-state index contributed by atoms with van der Waals surface area (Å²) in [5.41, 5.74) is 2.18. The Morgan fingerprint density at radius 2 is 2.00 bits per heavy atom. The summed E-state index contributed by atoms with van der Waals surface area (Å²) in [7, 11) is 0. The van der Waals surface area contributed by atoms with Crippen molar-refractivity contribution in [2.24, 2.45) is 0 Å². The van der Waals surface area contributed by atoms with Gasteiger partial charge in [0.1, 0.15) is 0 Å². The topological polar surface area (TPSA) is 9.23 Å². The van der Waals surface area contributed by atoms with Gasteiger partial charge in [-0.3, -0.25) is 0 Å². The predicted octanol–water partition coefficient (Wildman–Crippen LogP) is 3.11.